The van der Waals surface area contributed by atoms with Gasteiger partial charge in [0.15, 0.2) is 11.6 Å². The molecule has 0 atom stereocenters. The molecule has 3 heteroatoms. The van der Waals surface area contributed by atoms with Gasteiger partial charge in [0.2, 0.25) is 0 Å². The fourth-order valence-electron chi connectivity index (χ4n) is 4.14. The van der Waals surface area contributed by atoms with Crippen LogP contribution in [-0.4, -0.2) is 0 Å². The zero-order chi connectivity index (χ0) is 19.0. The van der Waals surface area contributed by atoms with Gasteiger partial charge in [-0.15, -0.1) is 6.58 Å². The first-order valence-corrected chi connectivity index (χ1v) is 9.37. The molecule has 0 unspecified atom stereocenters. The summed E-state index contributed by atoms with van der Waals surface area (Å²) in [7, 11) is 0. The Bertz CT molecular complexity index is 998. The average Bonchev–Trinajstić information content (AvgIpc) is 2.70. The van der Waals surface area contributed by atoms with Gasteiger partial charge >= 0.3 is 0 Å². The first-order valence-electron chi connectivity index (χ1n) is 9.37. The molecule has 27 heavy (non-hydrogen) atoms. The largest absolute Gasteiger partial charge is 0.206 e. The summed E-state index contributed by atoms with van der Waals surface area (Å²) in [6, 6.07) is 12.8. The minimum Gasteiger partial charge on any atom is -0.206 e. The Morgan fingerprint density at radius 2 is 1.59 bits per heavy atom. The smallest absolute Gasteiger partial charge is 0.159 e. The molecule has 4 rings (SSSR count). The molecule has 0 radical (unpaired) electrons. The van der Waals surface area contributed by atoms with Crippen molar-refractivity contribution in [1.82, 2.24) is 0 Å². The third-order valence-corrected chi connectivity index (χ3v) is 5.79. The SMILES string of the molecule is C=C[C@H]1CC[C@H](c2ccc3c(F)c(-c4ccc(F)c(F)c4)ccc3c2)CC1. The molecule has 0 saturated heterocycles. The monoisotopic (exact) mass is 366 g/mol. The van der Waals surface area contributed by atoms with Crippen molar-refractivity contribution in [3.63, 3.8) is 0 Å². The number of rotatable bonds is 3. The van der Waals surface area contributed by atoms with Gasteiger partial charge in [-0.05, 0) is 66.2 Å². The fourth-order valence-corrected chi connectivity index (χ4v) is 4.14. The molecule has 3 aromatic carbocycles. The first kappa shape index (κ1) is 17.8. The highest BCUT2D eigenvalue weighted by molar-refractivity contribution is 5.88. The second kappa shape index (κ2) is 7.22. The molecule has 0 aliphatic heterocycles. The van der Waals surface area contributed by atoms with Gasteiger partial charge in [0.1, 0.15) is 5.82 Å². The van der Waals surface area contributed by atoms with E-state index in [4.69, 9.17) is 0 Å². The highest BCUT2D eigenvalue weighted by atomic mass is 19.2. The molecule has 0 amide bonds. The summed E-state index contributed by atoms with van der Waals surface area (Å²) < 4.78 is 41.7. The topological polar surface area (TPSA) is 0 Å². The van der Waals surface area contributed by atoms with Crippen LogP contribution < -0.4 is 0 Å². The van der Waals surface area contributed by atoms with E-state index in [9.17, 15) is 8.78 Å². The summed E-state index contributed by atoms with van der Waals surface area (Å²) in [5.74, 6) is -1.20. The van der Waals surface area contributed by atoms with Crippen molar-refractivity contribution in [3.8, 4) is 11.1 Å². The molecular formula is C24H21F3. The van der Waals surface area contributed by atoms with Gasteiger partial charge in [-0.3, -0.25) is 0 Å². The van der Waals surface area contributed by atoms with Crippen molar-refractivity contribution >= 4 is 10.8 Å². The minimum atomic E-state index is -0.975. The van der Waals surface area contributed by atoms with E-state index in [1.54, 1.807) is 6.07 Å². The van der Waals surface area contributed by atoms with Crippen LogP contribution in [0.25, 0.3) is 21.9 Å². The summed E-state index contributed by atoms with van der Waals surface area (Å²) in [5, 5.41) is 1.34. The number of allylic oxidation sites excluding steroid dienone is 1. The van der Waals surface area contributed by atoms with Crippen LogP contribution in [0.4, 0.5) is 13.2 Å². The predicted octanol–water partition coefficient (Wildman–Crippen LogP) is 7.38. The van der Waals surface area contributed by atoms with Crippen LogP contribution in [0, 0.1) is 23.4 Å². The lowest BCUT2D eigenvalue weighted by atomic mass is 9.78. The van der Waals surface area contributed by atoms with E-state index < -0.39 is 17.5 Å². The number of fused-ring (bicyclic) bond motifs is 1. The Kier molecular flexibility index (Phi) is 4.77. The van der Waals surface area contributed by atoms with Crippen LogP contribution in [0.5, 0.6) is 0 Å². The van der Waals surface area contributed by atoms with Gasteiger partial charge in [0.25, 0.3) is 0 Å². The summed E-state index contributed by atoms with van der Waals surface area (Å²) >= 11 is 0. The summed E-state index contributed by atoms with van der Waals surface area (Å²) in [6.07, 6.45) is 6.59. The van der Waals surface area contributed by atoms with E-state index in [2.05, 4.69) is 12.6 Å². The molecule has 3 aromatic rings. The molecule has 0 spiro atoms. The van der Waals surface area contributed by atoms with Gasteiger partial charge in [-0.25, -0.2) is 13.2 Å². The number of benzene rings is 3. The number of halogens is 3. The van der Waals surface area contributed by atoms with E-state index in [1.807, 2.05) is 24.3 Å². The van der Waals surface area contributed by atoms with E-state index in [0.717, 1.165) is 43.2 Å². The summed E-state index contributed by atoms with van der Waals surface area (Å²) in [5.41, 5.74) is 1.85. The molecule has 0 nitrogen and oxygen atoms in total. The molecule has 1 aliphatic rings. The number of hydrogen-bond acceptors (Lipinski definition) is 0. The van der Waals surface area contributed by atoms with Crippen LogP contribution >= 0.6 is 0 Å². The van der Waals surface area contributed by atoms with Crippen LogP contribution in [-0.2, 0) is 0 Å². The lowest BCUT2D eigenvalue weighted by Gasteiger charge is -2.27. The zero-order valence-electron chi connectivity index (χ0n) is 15.0. The third-order valence-electron chi connectivity index (χ3n) is 5.79. The first-order chi connectivity index (χ1) is 13.1. The van der Waals surface area contributed by atoms with E-state index in [1.165, 1.54) is 11.6 Å². The molecule has 138 valence electrons. The van der Waals surface area contributed by atoms with Crippen LogP contribution in [0.3, 0.4) is 0 Å². The van der Waals surface area contributed by atoms with Gasteiger partial charge in [0, 0.05) is 10.9 Å². The fraction of sp³-hybridized carbons (Fsp3) is 0.250. The molecule has 0 aromatic heterocycles. The van der Waals surface area contributed by atoms with Crippen molar-refractivity contribution in [2.24, 2.45) is 5.92 Å². The highest BCUT2D eigenvalue weighted by Crippen LogP contribution is 2.38. The molecule has 0 N–H and O–H groups in total. The van der Waals surface area contributed by atoms with Gasteiger partial charge in [-0.1, -0.05) is 42.5 Å². The Hall–Kier alpha value is -2.55. The second-order valence-electron chi connectivity index (χ2n) is 7.38. The highest BCUT2D eigenvalue weighted by Gasteiger charge is 2.21. The predicted molar refractivity (Wildman–Crippen MR) is 104 cm³/mol. The summed E-state index contributed by atoms with van der Waals surface area (Å²) in [6.45, 7) is 3.89. The summed E-state index contributed by atoms with van der Waals surface area (Å²) in [4.78, 5) is 0. The van der Waals surface area contributed by atoms with E-state index in [-0.39, 0.29) is 5.56 Å². The molecule has 1 aliphatic carbocycles. The van der Waals surface area contributed by atoms with Crippen molar-refractivity contribution < 1.29 is 13.2 Å². The molecule has 0 bridgehead atoms. The van der Waals surface area contributed by atoms with E-state index in [0.29, 0.717) is 22.8 Å². The quantitative estimate of drug-likeness (QED) is 0.424. The normalized spacial score (nSPS) is 20.0. The lowest BCUT2D eigenvalue weighted by Crippen LogP contribution is -2.11. The Balaban J connectivity index is 1.68. The Morgan fingerprint density at radius 1 is 0.815 bits per heavy atom. The van der Waals surface area contributed by atoms with Crippen molar-refractivity contribution in [2.75, 3.05) is 0 Å². The van der Waals surface area contributed by atoms with Crippen LogP contribution in [0.2, 0.25) is 0 Å². The maximum Gasteiger partial charge on any atom is 0.159 e. The molecule has 0 heterocycles. The van der Waals surface area contributed by atoms with Crippen molar-refractivity contribution in [2.45, 2.75) is 31.6 Å². The van der Waals surface area contributed by atoms with Gasteiger partial charge in [-0.2, -0.15) is 0 Å². The standard InChI is InChI=1S/C24H21F3/c1-2-15-3-5-16(6-4-15)17-7-10-20-18(13-17)8-11-21(24(20)27)19-9-12-22(25)23(26)14-19/h2,7-16H,1,3-6H2/t15-,16-. The molecule has 1 saturated carbocycles. The maximum atomic E-state index is 15.0. The lowest BCUT2D eigenvalue weighted by molar-refractivity contribution is 0.376. The molecule has 1 fully saturated rings. The second-order valence-corrected chi connectivity index (χ2v) is 7.38. The van der Waals surface area contributed by atoms with E-state index >= 15 is 4.39 Å². The van der Waals surface area contributed by atoms with Crippen molar-refractivity contribution in [1.29, 1.82) is 0 Å². The third kappa shape index (κ3) is 3.39. The van der Waals surface area contributed by atoms with Crippen LogP contribution in [0.1, 0.15) is 37.2 Å². The minimum absolute atomic E-state index is 0.278. The van der Waals surface area contributed by atoms with Gasteiger partial charge < -0.3 is 0 Å². The average molecular weight is 366 g/mol. The number of hydrogen-bond donors (Lipinski definition) is 0. The van der Waals surface area contributed by atoms with Gasteiger partial charge in [0.05, 0.1) is 0 Å². The zero-order valence-corrected chi connectivity index (χ0v) is 15.0. The Labute approximate surface area is 157 Å². The van der Waals surface area contributed by atoms with Crippen molar-refractivity contribution in [3.05, 3.63) is 84.2 Å². The Morgan fingerprint density at radius 3 is 2.30 bits per heavy atom. The maximum absolute atomic E-state index is 15.0. The van der Waals surface area contributed by atoms with Crippen LogP contribution in [0.15, 0.2) is 61.2 Å². The molecular weight excluding hydrogens is 345 g/mol.